The van der Waals surface area contributed by atoms with E-state index >= 15 is 0 Å². The van der Waals surface area contributed by atoms with Crippen LogP contribution in [0.5, 0.6) is 0 Å². The van der Waals surface area contributed by atoms with Crippen molar-refractivity contribution in [2.45, 2.75) is 32.2 Å². The van der Waals surface area contributed by atoms with Crippen LogP contribution in [0.3, 0.4) is 0 Å². The average Bonchev–Trinajstić information content (AvgIpc) is 2.33. The largest absolute Gasteiger partial charge is 0.480 e. The minimum atomic E-state index is -1.18. The molecule has 0 fully saturated rings. The summed E-state index contributed by atoms with van der Waals surface area (Å²) < 4.78 is 9.38. The van der Waals surface area contributed by atoms with Crippen molar-refractivity contribution >= 4 is 17.8 Å². The Labute approximate surface area is 105 Å². The molecule has 7 heteroatoms. The van der Waals surface area contributed by atoms with Crippen molar-refractivity contribution in [3.05, 3.63) is 0 Å². The second-order valence-corrected chi connectivity index (χ2v) is 3.52. The second kappa shape index (κ2) is 9.41. The molecular formula is C11H19NO6. The highest BCUT2D eigenvalue weighted by Crippen LogP contribution is 2.00. The topological polar surface area (TPSA) is 102 Å². The van der Waals surface area contributed by atoms with E-state index in [-0.39, 0.29) is 25.9 Å². The Morgan fingerprint density at radius 3 is 2.44 bits per heavy atom. The van der Waals surface area contributed by atoms with Crippen LogP contribution in [0, 0.1) is 0 Å². The molecule has 0 aromatic carbocycles. The zero-order valence-corrected chi connectivity index (χ0v) is 10.6. The molecule has 0 heterocycles. The quantitative estimate of drug-likeness (QED) is 0.445. The molecule has 0 aromatic rings. The lowest BCUT2D eigenvalue weighted by Gasteiger charge is -2.13. The van der Waals surface area contributed by atoms with Gasteiger partial charge in [0.2, 0.25) is 5.91 Å². The molecule has 104 valence electrons. The lowest BCUT2D eigenvalue weighted by Crippen LogP contribution is -2.41. The minimum Gasteiger partial charge on any atom is -0.480 e. The molecule has 0 rings (SSSR count). The number of amides is 1. The first-order valence-electron chi connectivity index (χ1n) is 5.68. The van der Waals surface area contributed by atoms with Gasteiger partial charge >= 0.3 is 11.9 Å². The van der Waals surface area contributed by atoms with Crippen molar-refractivity contribution in [2.75, 3.05) is 20.3 Å². The molecule has 0 aliphatic carbocycles. The summed E-state index contributed by atoms with van der Waals surface area (Å²) in [5.74, 6) is -2.10. The third-order valence-corrected chi connectivity index (χ3v) is 2.18. The lowest BCUT2D eigenvalue weighted by molar-refractivity contribution is -0.144. The number of nitrogens with one attached hydrogen (secondary N) is 1. The van der Waals surface area contributed by atoms with Crippen LogP contribution in [0.25, 0.3) is 0 Å². The molecule has 0 unspecified atom stereocenters. The predicted octanol–water partition coefficient (Wildman–Crippen LogP) is -0.0644. The number of rotatable bonds is 9. The first-order chi connectivity index (χ1) is 8.51. The molecular weight excluding hydrogens is 242 g/mol. The summed E-state index contributed by atoms with van der Waals surface area (Å²) in [5, 5.41) is 11.2. The third-order valence-electron chi connectivity index (χ3n) is 2.18. The summed E-state index contributed by atoms with van der Waals surface area (Å²) in [6.45, 7) is 2.54. The van der Waals surface area contributed by atoms with Crippen LogP contribution < -0.4 is 5.32 Å². The number of hydrogen-bond donors (Lipinski definition) is 2. The zero-order valence-electron chi connectivity index (χ0n) is 10.6. The molecule has 0 bridgehead atoms. The molecule has 1 atom stereocenters. The van der Waals surface area contributed by atoms with E-state index in [4.69, 9.17) is 9.84 Å². The number of carbonyl (C=O) groups excluding carboxylic acids is 2. The molecule has 7 nitrogen and oxygen atoms in total. The Morgan fingerprint density at radius 2 is 1.94 bits per heavy atom. The van der Waals surface area contributed by atoms with Crippen LogP contribution in [0.1, 0.15) is 26.2 Å². The normalized spacial score (nSPS) is 11.7. The van der Waals surface area contributed by atoms with Gasteiger partial charge in [-0.3, -0.25) is 9.59 Å². The van der Waals surface area contributed by atoms with Crippen molar-refractivity contribution < 1.29 is 29.0 Å². The van der Waals surface area contributed by atoms with Gasteiger partial charge in [0.15, 0.2) is 0 Å². The number of hydrogen-bond acceptors (Lipinski definition) is 5. The van der Waals surface area contributed by atoms with Gasteiger partial charge in [-0.1, -0.05) is 0 Å². The summed E-state index contributed by atoms with van der Waals surface area (Å²) in [6.07, 6.45) is 0.0391. The van der Waals surface area contributed by atoms with Crippen molar-refractivity contribution in [1.82, 2.24) is 5.32 Å². The van der Waals surface area contributed by atoms with Crippen LogP contribution >= 0.6 is 0 Å². The first-order valence-corrected chi connectivity index (χ1v) is 5.68. The second-order valence-electron chi connectivity index (χ2n) is 3.52. The van der Waals surface area contributed by atoms with Gasteiger partial charge < -0.3 is 19.9 Å². The van der Waals surface area contributed by atoms with E-state index in [1.54, 1.807) is 6.92 Å². The Kier molecular flexibility index (Phi) is 8.55. The molecule has 0 saturated heterocycles. The summed E-state index contributed by atoms with van der Waals surface area (Å²) >= 11 is 0. The molecule has 0 aliphatic rings. The maximum Gasteiger partial charge on any atom is 0.326 e. The van der Waals surface area contributed by atoms with Gasteiger partial charge in [0.25, 0.3) is 0 Å². The summed E-state index contributed by atoms with van der Waals surface area (Å²) in [4.78, 5) is 33.1. The van der Waals surface area contributed by atoms with Crippen LogP contribution in [-0.2, 0) is 23.9 Å². The van der Waals surface area contributed by atoms with Crippen LogP contribution in [0.2, 0.25) is 0 Å². The SMILES string of the molecule is CCOCCC(=O)N[C@H](CCC(=O)OC)C(=O)O. The number of carbonyl (C=O) groups is 3. The van der Waals surface area contributed by atoms with E-state index in [1.165, 1.54) is 7.11 Å². The number of carboxylic acid groups (broad SMARTS) is 1. The van der Waals surface area contributed by atoms with Gasteiger partial charge in [0.05, 0.1) is 13.7 Å². The third kappa shape index (κ3) is 7.61. The molecule has 2 N–H and O–H groups in total. The monoisotopic (exact) mass is 261 g/mol. The highest BCUT2D eigenvalue weighted by molar-refractivity contribution is 5.84. The first kappa shape index (κ1) is 16.4. The van der Waals surface area contributed by atoms with E-state index in [2.05, 4.69) is 10.1 Å². The number of aliphatic carboxylic acids is 1. The minimum absolute atomic E-state index is 0.00236. The van der Waals surface area contributed by atoms with Crippen molar-refractivity contribution in [3.8, 4) is 0 Å². The van der Waals surface area contributed by atoms with E-state index < -0.39 is 23.9 Å². The smallest absolute Gasteiger partial charge is 0.326 e. The highest BCUT2D eigenvalue weighted by atomic mass is 16.5. The molecule has 0 saturated carbocycles. The number of carboxylic acids is 1. The van der Waals surface area contributed by atoms with E-state index in [1.807, 2.05) is 0 Å². The van der Waals surface area contributed by atoms with Crippen LogP contribution in [-0.4, -0.2) is 49.3 Å². The average molecular weight is 261 g/mol. The van der Waals surface area contributed by atoms with Crippen molar-refractivity contribution in [3.63, 3.8) is 0 Å². The number of methoxy groups -OCH3 is 1. The summed E-state index contributed by atoms with van der Waals surface area (Å²) in [6, 6.07) is -1.08. The van der Waals surface area contributed by atoms with E-state index in [0.717, 1.165) is 0 Å². The van der Waals surface area contributed by atoms with Gasteiger partial charge in [-0.15, -0.1) is 0 Å². The Morgan fingerprint density at radius 1 is 1.28 bits per heavy atom. The lowest BCUT2D eigenvalue weighted by atomic mass is 10.1. The zero-order chi connectivity index (χ0) is 14.0. The summed E-state index contributed by atoms with van der Waals surface area (Å²) in [7, 11) is 1.22. The molecule has 0 aromatic heterocycles. The van der Waals surface area contributed by atoms with Gasteiger partial charge in [0, 0.05) is 19.4 Å². The van der Waals surface area contributed by atoms with E-state index in [0.29, 0.717) is 6.61 Å². The number of ether oxygens (including phenoxy) is 2. The highest BCUT2D eigenvalue weighted by Gasteiger charge is 2.20. The Hall–Kier alpha value is -1.63. The molecule has 1 amide bonds. The maximum absolute atomic E-state index is 11.4. The summed E-state index contributed by atoms with van der Waals surface area (Å²) in [5.41, 5.74) is 0. The van der Waals surface area contributed by atoms with Crippen LogP contribution in [0.4, 0.5) is 0 Å². The molecule has 0 aliphatic heterocycles. The standard InChI is InChI=1S/C11H19NO6/c1-3-18-7-6-9(13)12-8(11(15)16)4-5-10(14)17-2/h8H,3-7H2,1-2H3,(H,12,13)(H,15,16)/t8-/m1/s1. The fourth-order valence-electron chi connectivity index (χ4n) is 1.20. The maximum atomic E-state index is 11.4. The predicted molar refractivity (Wildman–Crippen MR) is 61.9 cm³/mol. The molecule has 18 heavy (non-hydrogen) atoms. The Balaban J connectivity index is 4.06. The number of esters is 1. The van der Waals surface area contributed by atoms with Gasteiger partial charge in [0.1, 0.15) is 6.04 Å². The molecule has 0 spiro atoms. The van der Waals surface area contributed by atoms with E-state index in [9.17, 15) is 14.4 Å². The van der Waals surface area contributed by atoms with Crippen molar-refractivity contribution in [1.29, 1.82) is 0 Å². The molecule has 0 radical (unpaired) electrons. The fraction of sp³-hybridized carbons (Fsp3) is 0.727. The van der Waals surface area contributed by atoms with Crippen molar-refractivity contribution in [2.24, 2.45) is 0 Å². The fourth-order valence-corrected chi connectivity index (χ4v) is 1.20. The van der Waals surface area contributed by atoms with Gasteiger partial charge in [-0.05, 0) is 13.3 Å². The van der Waals surface area contributed by atoms with Crippen LogP contribution in [0.15, 0.2) is 0 Å². The Bertz CT molecular complexity index is 291. The van der Waals surface area contributed by atoms with Gasteiger partial charge in [-0.2, -0.15) is 0 Å². The van der Waals surface area contributed by atoms with Gasteiger partial charge in [-0.25, -0.2) is 4.79 Å².